The number of aliphatic imine (C=N–C) groups is 1. The summed E-state index contributed by atoms with van der Waals surface area (Å²) in [6.45, 7) is 3.41. The van der Waals surface area contributed by atoms with Crippen molar-refractivity contribution in [2.45, 2.75) is 26.3 Å². The Labute approximate surface area is 162 Å². The fraction of sp³-hybridized carbons (Fsp3) is 0.294. The van der Waals surface area contributed by atoms with E-state index in [9.17, 15) is 0 Å². The van der Waals surface area contributed by atoms with Crippen LogP contribution in [0.15, 0.2) is 45.8 Å². The molecule has 5 nitrogen and oxygen atoms in total. The summed E-state index contributed by atoms with van der Waals surface area (Å²) in [6.07, 6.45) is 2.21. The molecule has 0 aliphatic carbocycles. The van der Waals surface area contributed by atoms with Crippen LogP contribution in [0.4, 0.5) is 0 Å². The van der Waals surface area contributed by atoms with E-state index in [1.165, 1.54) is 0 Å². The van der Waals surface area contributed by atoms with Crippen molar-refractivity contribution < 1.29 is 4.42 Å². The first-order valence-electron chi connectivity index (χ1n) is 7.74. The van der Waals surface area contributed by atoms with Crippen LogP contribution in [-0.2, 0) is 6.54 Å². The molecule has 0 atom stereocenters. The highest BCUT2D eigenvalue weighted by molar-refractivity contribution is 14.0. The number of fused-ring (bicyclic) bond motifs is 1. The van der Waals surface area contributed by atoms with Crippen molar-refractivity contribution in [3.8, 4) is 10.8 Å². The summed E-state index contributed by atoms with van der Waals surface area (Å²) in [5, 5.41) is 3.97. The number of hydrogen-bond donors (Lipinski definition) is 2. The molecule has 0 aliphatic rings. The van der Waals surface area contributed by atoms with Crippen LogP contribution >= 0.6 is 35.3 Å². The summed E-state index contributed by atoms with van der Waals surface area (Å²) in [5.41, 5.74) is 6.81. The molecule has 24 heavy (non-hydrogen) atoms. The molecule has 3 aromatic rings. The number of halogens is 1. The van der Waals surface area contributed by atoms with Gasteiger partial charge >= 0.3 is 0 Å². The third-order valence-electron chi connectivity index (χ3n) is 3.41. The van der Waals surface area contributed by atoms with Crippen molar-refractivity contribution in [1.29, 1.82) is 0 Å². The Morgan fingerprint density at radius 1 is 1.29 bits per heavy atom. The minimum Gasteiger partial charge on any atom is -0.457 e. The van der Waals surface area contributed by atoms with Crippen LogP contribution in [0, 0.1) is 0 Å². The van der Waals surface area contributed by atoms with Crippen LogP contribution in [0.1, 0.15) is 25.5 Å². The highest BCUT2D eigenvalue weighted by Gasteiger charge is 2.10. The number of nitrogens with zero attached hydrogens (tertiary/aromatic N) is 2. The molecule has 0 saturated carbocycles. The van der Waals surface area contributed by atoms with E-state index in [1.807, 2.05) is 30.3 Å². The lowest BCUT2D eigenvalue weighted by atomic mass is 10.3. The first kappa shape index (κ1) is 18.7. The van der Waals surface area contributed by atoms with Crippen molar-refractivity contribution in [2.75, 3.05) is 6.54 Å². The van der Waals surface area contributed by atoms with Gasteiger partial charge in [-0.3, -0.25) is 0 Å². The summed E-state index contributed by atoms with van der Waals surface area (Å²) >= 11 is 1.62. The molecule has 1 aromatic carbocycles. The maximum atomic E-state index is 5.83. The predicted molar refractivity (Wildman–Crippen MR) is 111 cm³/mol. The Morgan fingerprint density at radius 3 is 2.92 bits per heavy atom. The fourth-order valence-corrected chi connectivity index (χ4v) is 3.10. The number of nitrogens with one attached hydrogen (secondary N) is 1. The largest absolute Gasteiger partial charge is 0.457 e. The summed E-state index contributed by atoms with van der Waals surface area (Å²) in [5.74, 6) is 2.00. The van der Waals surface area contributed by atoms with E-state index in [2.05, 4.69) is 28.3 Å². The monoisotopic (exact) mass is 456 g/mol. The molecular weight excluding hydrogens is 435 g/mol. The number of hydrogen-bond acceptors (Lipinski definition) is 4. The molecule has 0 unspecified atom stereocenters. The maximum absolute atomic E-state index is 5.83. The van der Waals surface area contributed by atoms with Crippen LogP contribution in [0.3, 0.4) is 0 Å². The minimum atomic E-state index is 0. The number of benzene rings is 1. The first-order chi connectivity index (χ1) is 11.3. The smallest absolute Gasteiger partial charge is 0.189 e. The Morgan fingerprint density at radius 2 is 2.12 bits per heavy atom. The molecule has 0 saturated heterocycles. The van der Waals surface area contributed by atoms with Gasteiger partial charge in [0.1, 0.15) is 12.3 Å². The Balaban J connectivity index is 0.00000208. The van der Waals surface area contributed by atoms with Crippen LogP contribution < -0.4 is 11.1 Å². The summed E-state index contributed by atoms with van der Waals surface area (Å²) < 4.78 is 6.99. The summed E-state index contributed by atoms with van der Waals surface area (Å²) in [4.78, 5) is 8.88. The van der Waals surface area contributed by atoms with Crippen LogP contribution in [0.25, 0.3) is 21.0 Å². The van der Waals surface area contributed by atoms with Gasteiger partial charge in [0, 0.05) is 6.54 Å². The molecule has 0 bridgehead atoms. The molecular formula is C17H21IN4OS. The molecule has 0 spiro atoms. The van der Waals surface area contributed by atoms with Crippen LogP contribution in [-0.4, -0.2) is 17.5 Å². The van der Waals surface area contributed by atoms with E-state index in [0.29, 0.717) is 12.5 Å². The van der Waals surface area contributed by atoms with Gasteiger partial charge < -0.3 is 15.5 Å². The average Bonchev–Trinajstić information content (AvgIpc) is 3.19. The topological polar surface area (TPSA) is 76.4 Å². The number of guanidine groups is 1. The number of para-hydroxylation sites is 1. The summed E-state index contributed by atoms with van der Waals surface area (Å²) in [6, 6.07) is 11.9. The van der Waals surface area contributed by atoms with Gasteiger partial charge in [-0.05, 0) is 30.7 Å². The van der Waals surface area contributed by atoms with Gasteiger partial charge in [0.25, 0.3) is 0 Å². The van der Waals surface area contributed by atoms with Crippen LogP contribution in [0.2, 0.25) is 0 Å². The number of unbranched alkanes of at least 4 members (excludes halogenated alkanes) is 1. The third kappa shape index (κ3) is 4.70. The van der Waals surface area contributed by atoms with E-state index in [4.69, 9.17) is 10.2 Å². The Kier molecular flexibility index (Phi) is 7.04. The number of aromatic nitrogens is 1. The SMILES string of the molecule is CCCCNC(N)=NCc1ccc(-c2nc3ccccc3s2)o1.I. The number of nitrogens with two attached hydrogens (primary N) is 1. The van der Waals surface area contributed by atoms with E-state index >= 15 is 0 Å². The normalized spacial score (nSPS) is 11.5. The van der Waals surface area contributed by atoms with Crippen molar-refractivity contribution in [1.82, 2.24) is 10.3 Å². The van der Waals surface area contributed by atoms with Crippen molar-refractivity contribution in [3.63, 3.8) is 0 Å². The van der Waals surface area contributed by atoms with Crippen LogP contribution in [0.5, 0.6) is 0 Å². The van der Waals surface area contributed by atoms with E-state index in [1.54, 1.807) is 11.3 Å². The molecule has 7 heteroatoms. The van der Waals surface area contributed by atoms with Gasteiger partial charge in [-0.1, -0.05) is 25.5 Å². The minimum absolute atomic E-state index is 0. The molecule has 0 aliphatic heterocycles. The van der Waals surface area contributed by atoms with Crippen molar-refractivity contribution >= 4 is 51.5 Å². The number of furan rings is 1. The quantitative estimate of drug-likeness (QED) is 0.250. The zero-order valence-electron chi connectivity index (χ0n) is 13.5. The van der Waals surface area contributed by atoms with Gasteiger partial charge in [-0.25, -0.2) is 9.98 Å². The second-order valence-corrected chi connectivity index (χ2v) is 6.27. The lowest BCUT2D eigenvalue weighted by molar-refractivity contribution is 0.525. The molecule has 2 aromatic heterocycles. The Bertz CT molecular complexity index is 779. The molecule has 3 rings (SSSR count). The highest BCUT2D eigenvalue weighted by atomic mass is 127. The number of thiazole rings is 1. The highest BCUT2D eigenvalue weighted by Crippen LogP contribution is 2.31. The predicted octanol–water partition coefficient (Wildman–Crippen LogP) is 4.38. The standard InChI is InChI=1S/C17H20N4OS.HI/c1-2-3-10-19-17(18)20-11-12-8-9-14(22-12)16-21-13-6-4-5-7-15(13)23-16;/h4-9H,2-3,10-11H2,1H3,(H3,18,19,20);1H. The summed E-state index contributed by atoms with van der Waals surface area (Å²) in [7, 11) is 0. The van der Waals surface area contributed by atoms with E-state index in [-0.39, 0.29) is 24.0 Å². The first-order valence-corrected chi connectivity index (χ1v) is 8.56. The lowest BCUT2D eigenvalue weighted by Gasteiger charge is -2.03. The van der Waals surface area contributed by atoms with Gasteiger partial charge in [0.05, 0.1) is 10.2 Å². The van der Waals surface area contributed by atoms with Gasteiger partial charge in [0.15, 0.2) is 16.7 Å². The maximum Gasteiger partial charge on any atom is 0.189 e. The number of rotatable bonds is 6. The molecule has 0 radical (unpaired) electrons. The molecule has 2 heterocycles. The zero-order valence-corrected chi connectivity index (χ0v) is 16.6. The van der Waals surface area contributed by atoms with E-state index < -0.39 is 0 Å². The zero-order chi connectivity index (χ0) is 16.1. The second kappa shape index (κ2) is 9.03. The molecule has 0 amide bonds. The second-order valence-electron chi connectivity index (χ2n) is 5.23. The third-order valence-corrected chi connectivity index (χ3v) is 4.46. The Hall–Kier alpha value is -1.61. The van der Waals surface area contributed by atoms with E-state index in [0.717, 1.165) is 46.1 Å². The van der Waals surface area contributed by atoms with Crippen molar-refractivity contribution in [2.24, 2.45) is 10.7 Å². The van der Waals surface area contributed by atoms with Crippen molar-refractivity contribution in [3.05, 3.63) is 42.2 Å². The molecule has 3 N–H and O–H groups in total. The fourth-order valence-electron chi connectivity index (χ4n) is 2.17. The molecule has 0 fully saturated rings. The van der Waals surface area contributed by atoms with Gasteiger partial charge in [-0.2, -0.15) is 0 Å². The van der Waals surface area contributed by atoms with Gasteiger partial charge in [0.2, 0.25) is 0 Å². The lowest BCUT2D eigenvalue weighted by Crippen LogP contribution is -2.32. The molecule has 128 valence electrons. The van der Waals surface area contributed by atoms with Gasteiger partial charge in [-0.15, -0.1) is 35.3 Å². The average molecular weight is 456 g/mol.